The number of aromatic nitrogens is 1. The smallest absolute Gasteiger partial charge is 0.263 e. The number of nitrogens with one attached hydrogen (secondary N) is 1. The van der Waals surface area contributed by atoms with Gasteiger partial charge in [0.25, 0.3) is 10.0 Å². The van der Waals surface area contributed by atoms with Crippen LogP contribution < -0.4 is 4.72 Å². The number of anilines is 1. The lowest BCUT2D eigenvalue weighted by atomic mass is 10.2. The molecular weight excluding hydrogens is 396 g/mol. The molecule has 0 amide bonds. The normalized spacial score (nSPS) is 11.9. The molecule has 0 spiro atoms. The van der Waals surface area contributed by atoms with Crippen LogP contribution in [0.3, 0.4) is 0 Å². The van der Waals surface area contributed by atoms with E-state index in [0.29, 0.717) is 16.6 Å². The molecule has 0 unspecified atom stereocenters. The Morgan fingerprint density at radius 1 is 1.24 bits per heavy atom. The molecule has 0 aliphatic heterocycles. The van der Waals surface area contributed by atoms with Crippen molar-refractivity contribution in [2.24, 2.45) is 0 Å². The van der Waals surface area contributed by atoms with Gasteiger partial charge in [0.1, 0.15) is 9.90 Å². The Balaban J connectivity index is 1.93. The fraction of sp³-hybridized carbons (Fsp3) is 0.235. The minimum Gasteiger partial charge on any atom is -0.280 e. The van der Waals surface area contributed by atoms with Crippen molar-refractivity contribution in [3.8, 4) is 9.88 Å². The van der Waals surface area contributed by atoms with Gasteiger partial charge in [-0.15, -0.1) is 22.7 Å². The molecule has 0 aliphatic rings. The second-order valence-corrected chi connectivity index (χ2v) is 10.1. The molecule has 0 saturated heterocycles. The molecule has 1 N–H and O–H groups in total. The van der Waals surface area contributed by atoms with Crippen molar-refractivity contribution in [2.75, 3.05) is 4.72 Å². The number of nitrogens with zero attached hydrogens (tertiary/aromatic N) is 1. The van der Waals surface area contributed by atoms with E-state index in [9.17, 15) is 8.42 Å². The van der Waals surface area contributed by atoms with E-state index in [1.54, 1.807) is 37.3 Å². The fourth-order valence-corrected chi connectivity index (χ4v) is 6.14. The van der Waals surface area contributed by atoms with Gasteiger partial charge in [0.05, 0.1) is 16.3 Å². The molecule has 3 aromatic rings. The molecule has 0 bridgehead atoms. The molecule has 8 heteroatoms. The predicted molar refractivity (Wildman–Crippen MR) is 107 cm³/mol. The second kappa shape index (κ2) is 7.07. The highest BCUT2D eigenvalue weighted by molar-refractivity contribution is 7.93. The average molecular weight is 413 g/mol. The van der Waals surface area contributed by atoms with Crippen molar-refractivity contribution in [3.05, 3.63) is 51.3 Å². The van der Waals surface area contributed by atoms with Gasteiger partial charge in [-0.05, 0) is 37.1 Å². The molecule has 3 rings (SSSR count). The van der Waals surface area contributed by atoms with E-state index in [-0.39, 0.29) is 4.90 Å². The summed E-state index contributed by atoms with van der Waals surface area (Å²) in [7, 11) is -3.68. The SMILES string of the molecule is Cc1sc(-c2nc(C(C)C)cs2)cc1S(=O)(=O)Nc1cccc(Cl)c1. The van der Waals surface area contributed by atoms with Crippen molar-refractivity contribution in [1.82, 2.24) is 4.98 Å². The lowest BCUT2D eigenvalue weighted by molar-refractivity contribution is 0.601. The van der Waals surface area contributed by atoms with Gasteiger partial charge in [0.15, 0.2) is 0 Å². The molecule has 0 atom stereocenters. The molecule has 2 aromatic heterocycles. The van der Waals surface area contributed by atoms with E-state index in [1.165, 1.54) is 22.7 Å². The topological polar surface area (TPSA) is 59.1 Å². The summed E-state index contributed by atoms with van der Waals surface area (Å²) in [5, 5.41) is 3.35. The predicted octanol–water partition coefficient (Wildman–Crippen LogP) is 5.76. The van der Waals surface area contributed by atoms with Gasteiger partial charge in [0, 0.05) is 15.3 Å². The summed E-state index contributed by atoms with van der Waals surface area (Å²) in [5.41, 5.74) is 1.46. The van der Waals surface area contributed by atoms with Gasteiger partial charge in [-0.2, -0.15) is 0 Å². The standard InChI is InChI=1S/C17H17ClN2O2S3/c1-10(2)14-9-23-17(19-14)15-8-16(11(3)24-15)25(21,22)20-13-6-4-5-12(18)7-13/h4-10,20H,1-3H3. The van der Waals surface area contributed by atoms with Crippen LogP contribution in [0.2, 0.25) is 5.02 Å². The Morgan fingerprint density at radius 2 is 2.00 bits per heavy atom. The molecule has 0 saturated carbocycles. The van der Waals surface area contributed by atoms with Crippen LogP contribution in [0, 0.1) is 6.92 Å². The summed E-state index contributed by atoms with van der Waals surface area (Å²) in [6, 6.07) is 8.34. The summed E-state index contributed by atoms with van der Waals surface area (Å²) in [4.78, 5) is 6.47. The van der Waals surface area contributed by atoms with Crippen molar-refractivity contribution in [3.63, 3.8) is 0 Å². The number of hydrogen-bond acceptors (Lipinski definition) is 5. The molecule has 132 valence electrons. The van der Waals surface area contributed by atoms with Crippen molar-refractivity contribution < 1.29 is 8.42 Å². The van der Waals surface area contributed by atoms with E-state index in [0.717, 1.165) is 20.5 Å². The van der Waals surface area contributed by atoms with Gasteiger partial charge in [-0.25, -0.2) is 13.4 Å². The Kier molecular flexibility index (Phi) is 5.20. The largest absolute Gasteiger partial charge is 0.280 e. The first-order valence-corrected chi connectivity index (χ1v) is 11.2. The minimum absolute atomic E-state index is 0.272. The number of aryl methyl sites for hydroxylation is 1. The maximum absolute atomic E-state index is 12.7. The van der Waals surface area contributed by atoms with Crippen molar-refractivity contribution in [1.29, 1.82) is 0 Å². The zero-order valence-corrected chi connectivity index (χ0v) is 17.1. The number of halogens is 1. The maximum atomic E-state index is 12.7. The van der Waals surface area contributed by atoms with E-state index in [2.05, 4.69) is 23.6 Å². The molecule has 4 nitrogen and oxygen atoms in total. The van der Waals surface area contributed by atoms with Crippen LogP contribution in [0.4, 0.5) is 5.69 Å². The molecule has 1 aromatic carbocycles. The van der Waals surface area contributed by atoms with Crippen LogP contribution in [0.25, 0.3) is 9.88 Å². The molecule has 0 aliphatic carbocycles. The summed E-state index contributed by atoms with van der Waals surface area (Å²) in [6.45, 7) is 5.98. The first-order chi connectivity index (χ1) is 11.8. The molecule has 2 heterocycles. The van der Waals surface area contributed by atoms with E-state index >= 15 is 0 Å². The third-order valence-corrected chi connectivity index (χ3v) is 7.51. The zero-order chi connectivity index (χ0) is 18.2. The average Bonchev–Trinajstić information content (AvgIpc) is 3.13. The number of sulfonamides is 1. The number of thiazole rings is 1. The lowest BCUT2D eigenvalue weighted by Crippen LogP contribution is -2.13. The van der Waals surface area contributed by atoms with Crippen LogP contribution in [-0.4, -0.2) is 13.4 Å². The third kappa shape index (κ3) is 4.06. The Labute approximate surface area is 160 Å². The Hall–Kier alpha value is -1.41. The van der Waals surface area contributed by atoms with E-state index in [4.69, 9.17) is 11.6 Å². The number of rotatable bonds is 5. The number of benzene rings is 1. The van der Waals surface area contributed by atoms with Gasteiger partial charge < -0.3 is 0 Å². The monoisotopic (exact) mass is 412 g/mol. The summed E-state index contributed by atoms with van der Waals surface area (Å²) in [6.07, 6.45) is 0. The first kappa shape index (κ1) is 18.4. The minimum atomic E-state index is -3.68. The van der Waals surface area contributed by atoms with Crippen LogP contribution in [-0.2, 0) is 10.0 Å². The molecular formula is C17H17ClN2O2S3. The van der Waals surface area contributed by atoms with Crippen molar-refractivity contribution >= 4 is 50.0 Å². The van der Waals surface area contributed by atoms with Crippen LogP contribution in [0.5, 0.6) is 0 Å². The van der Waals surface area contributed by atoms with Gasteiger partial charge >= 0.3 is 0 Å². The van der Waals surface area contributed by atoms with E-state index < -0.39 is 10.0 Å². The molecule has 25 heavy (non-hydrogen) atoms. The van der Waals surface area contributed by atoms with Crippen LogP contribution in [0.15, 0.2) is 40.6 Å². The lowest BCUT2D eigenvalue weighted by Gasteiger charge is -2.07. The third-order valence-electron chi connectivity index (χ3n) is 3.56. The van der Waals surface area contributed by atoms with E-state index in [1.807, 2.05) is 5.38 Å². The Morgan fingerprint density at radius 3 is 2.64 bits per heavy atom. The van der Waals surface area contributed by atoms with Crippen molar-refractivity contribution in [2.45, 2.75) is 31.6 Å². The number of thiophene rings is 1. The summed E-state index contributed by atoms with van der Waals surface area (Å²) >= 11 is 8.90. The fourth-order valence-electron chi connectivity index (χ4n) is 2.26. The molecule has 0 radical (unpaired) electrons. The van der Waals surface area contributed by atoms with Gasteiger partial charge in [0.2, 0.25) is 0 Å². The highest BCUT2D eigenvalue weighted by atomic mass is 35.5. The Bertz CT molecular complexity index is 1010. The second-order valence-electron chi connectivity index (χ2n) is 5.88. The zero-order valence-electron chi connectivity index (χ0n) is 13.9. The summed E-state index contributed by atoms with van der Waals surface area (Å²) in [5.74, 6) is 0.346. The quantitative estimate of drug-likeness (QED) is 0.579. The maximum Gasteiger partial charge on any atom is 0.263 e. The number of hydrogen-bond donors (Lipinski definition) is 1. The van der Waals surface area contributed by atoms with Crippen LogP contribution in [0.1, 0.15) is 30.3 Å². The first-order valence-electron chi connectivity index (χ1n) is 7.61. The van der Waals surface area contributed by atoms with Gasteiger partial charge in [-0.3, -0.25) is 4.72 Å². The highest BCUT2D eigenvalue weighted by Gasteiger charge is 2.22. The highest BCUT2D eigenvalue weighted by Crippen LogP contribution is 2.36. The summed E-state index contributed by atoms with van der Waals surface area (Å²) < 4.78 is 28.0. The molecule has 0 fully saturated rings. The van der Waals surface area contributed by atoms with Gasteiger partial charge in [-0.1, -0.05) is 31.5 Å². The van der Waals surface area contributed by atoms with Crippen LogP contribution >= 0.6 is 34.3 Å².